The van der Waals surface area contributed by atoms with Crippen molar-refractivity contribution in [3.05, 3.63) is 64.0 Å². The van der Waals surface area contributed by atoms with Crippen molar-refractivity contribution in [3.8, 4) is 11.5 Å². The van der Waals surface area contributed by atoms with Gasteiger partial charge >= 0.3 is 5.69 Å². The van der Waals surface area contributed by atoms with E-state index in [-0.39, 0.29) is 11.8 Å². The smallest absolute Gasteiger partial charge is 0.314 e. The van der Waals surface area contributed by atoms with Crippen LogP contribution in [0.15, 0.2) is 42.5 Å². The van der Waals surface area contributed by atoms with Gasteiger partial charge in [0.25, 0.3) is 0 Å². The minimum absolute atomic E-state index is 0.00561. The first-order valence-electron chi connectivity index (χ1n) is 6.48. The first-order chi connectivity index (χ1) is 10.0. The molecule has 0 spiro atoms. The highest BCUT2D eigenvalue weighted by molar-refractivity contribution is 5.48. The van der Waals surface area contributed by atoms with Crippen molar-refractivity contribution in [2.45, 2.75) is 19.4 Å². The summed E-state index contributed by atoms with van der Waals surface area (Å²) in [5, 5.41) is 10.9. The van der Waals surface area contributed by atoms with E-state index in [2.05, 4.69) is 0 Å². The fraction of sp³-hybridized carbons (Fsp3) is 0.200. The van der Waals surface area contributed by atoms with Crippen LogP contribution >= 0.6 is 0 Å². The molecule has 2 rings (SSSR count). The van der Waals surface area contributed by atoms with Crippen LogP contribution in [0, 0.1) is 15.9 Å². The largest absolute Gasteiger partial charge is 0.450 e. The first kappa shape index (κ1) is 14.9. The molecule has 0 amide bonds. The molecule has 0 saturated heterocycles. The molecule has 2 N–H and O–H groups in total. The molecule has 5 nitrogen and oxygen atoms in total. The van der Waals surface area contributed by atoms with Gasteiger partial charge in [-0.05, 0) is 36.2 Å². The van der Waals surface area contributed by atoms with E-state index in [4.69, 9.17) is 10.5 Å². The van der Waals surface area contributed by atoms with Gasteiger partial charge in [-0.25, -0.2) is 4.39 Å². The van der Waals surface area contributed by atoms with E-state index in [1.807, 2.05) is 6.92 Å². The molecule has 2 aromatic rings. The van der Waals surface area contributed by atoms with Crippen molar-refractivity contribution in [1.82, 2.24) is 0 Å². The quantitative estimate of drug-likeness (QED) is 0.668. The third kappa shape index (κ3) is 3.55. The van der Waals surface area contributed by atoms with E-state index in [0.29, 0.717) is 5.75 Å². The molecule has 0 aliphatic carbocycles. The second-order valence-corrected chi connectivity index (χ2v) is 4.55. The van der Waals surface area contributed by atoms with E-state index >= 15 is 0 Å². The average Bonchev–Trinajstić information content (AvgIpc) is 2.49. The SMILES string of the molecule is CC[C@@H](N)c1ccc(Oc2ccc(F)cc2[N+](=O)[O-])cc1. The summed E-state index contributed by atoms with van der Waals surface area (Å²) >= 11 is 0. The standard InChI is InChI=1S/C15H15FN2O3/c1-2-13(17)10-3-6-12(7-4-10)21-15-8-5-11(16)9-14(15)18(19)20/h3-9,13H,2,17H2,1H3/t13-/m1/s1. The van der Waals surface area contributed by atoms with Crippen LogP contribution < -0.4 is 10.5 Å². The topological polar surface area (TPSA) is 78.4 Å². The van der Waals surface area contributed by atoms with Crippen molar-refractivity contribution < 1.29 is 14.1 Å². The van der Waals surface area contributed by atoms with Gasteiger partial charge in [-0.3, -0.25) is 10.1 Å². The number of hydrogen-bond donors (Lipinski definition) is 1. The molecule has 0 radical (unpaired) electrons. The minimum atomic E-state index is -0.682. The highest BCUT2D eigenvalue weighted by atomic mass is 19.1. The highest BCUT2D eigenvalue weighted by Gasteiger charge is 2.17. The van der Waals surface area contributed by atoms with Crippen molar-refractivity contribution >= 4 is 5.69 Å². The normalized spacial score (nSPS) is 12.0. The Morgan fingerprint density at radius 3 is 2.52 bits per heavy atom. The zero-order chi connectivity index (χ0) is 15.4. The van der Waals surface area contributed by atoms with Gasteiger partial charge in [-0.2, -0.15) is 0 Å². The Morgan fingerprint density at radius 2 is 1.95 bits per heavy atom. The maximum atomic E-state index is 13.1. The highest BCUT2D eigenvalue weighted by Crippen LogP contribution is 2.32. The number of rotatable bonds is 5. The van der Waals surface area contributed by atoms with Crippen LogP contribution in [0.4, 0.5) is 10.1 Å². The molecule has 1 atom stereocenters. The Kier molecular flexibility index (Phi) is 4.49. The van der Waals surface area contributed by atoms with Gasteiger partial charge in [0.15, 0.2) is 0 Å². The zero-order valence-corrected chi connectivity index (χ0v) is 11.5. The summed E-state index contributed by atoms with van der Waals surface area (Å²) in [5.74, 6) is -0.260. The molecule has 0 aliphatic heterocycles. The lowest BCUT2D eigenvalue weighted by Gasteiger charge is -2.10. The lowest BCUT2D eigenvalue weighted by Crippen LogP contribution is -2.08. The second kappa shape index (κ2) is 6.32. The second-order valence-electron chi connectivity index (χ2n) is 4.55. The summed E-state index contributed by atoms with van der Waals surface area (Å²) in [5.41, 5.74) is 6.45. The van der Waals surface area contributed by atoms with E-state index in [0.717, 1.165) is 24.1 Å². The fourth-order valence-electron chi connectivity index (χ4n) is 1.87. The maximum absolute atomic E-state index is 13.1. The van der Waals surface area contributed by atoms with Gasteiger partial charge in [0, 0.05) is 6.04 Å². The molecular formula is C15H15FN2O3. The Labute approximate surface area is 121 Å². The number of hydrogen-bond acceptors (Lipinski definition) is 4. The van der Waals surface area contributed by atoms with Crippen LogP contribution in [0.3, 0.4) is 0 Å². The van der Waals surface area contributed by atoms with Crippen molar-refractivity contribution in [2.24, 2.45) is 5.73 Å². The third-order valence-corrected chi connectivity index (χ3v) is 3.09. The van der Waals surface area contributed by atoms with Crippen LogP contribution in [0.5, 0.6) is 11.5 Å². The molecule has 2 aromatic carbocycles. The summed E-state index contributed by atoms with van der Waals surface area (Å²) in [6.07, 6.45) is 0.809. The molecule has 0 bridgehead atoms. The molecule has 0 heterocycles. The van der Waals surface area contributed by atoms with Crippen LogP contribution in [0.1, 0.15) is 24.9 Å². The lowest BCUT2D eigenvalue weighted by molar-refractivity contribution is -0.385. The lowest BCUT2D eigenvalue weighted by atomic mass is 10.1. The van der Waals surface area contributed by atoms with Gasteiger partial charge < -0.3 is 10.5 Å². The van der Waals surface area contributed by atoms with Crippen molar-refractivity contribution in [2.75, 3.05) is 0 Å². The van der Waals surface area contributed by atoms with Crippen molar-refractivity contribution in [3.63, 3.8) is 0 Å². The Balaban J connectivity index is 2.24. The number of ether oxygens (including phenoxy) is 1. The maximum Gasteiger partial charge on any atom is 0.314 e. The number of benzene rings is 2. The number of halogens is 1. The summed E-state index contributed by atoms with van der Waals surface area (Å²) in [4.78, 5) is 10.2. The minimum Gasteiger partial charge on any atom is -0.450 e. The van der Waals surface area contributed by atoms with Gasteiger partial charge in [0.2, 0.25) is 5.75 Å². The van der Waals surface area contributed by atoms with E-state index in [1.165, 1.54) is 6.07 Å². The van der Waals surface area contributed by atoms with Crippen LogP contribution in [-0.4, -0.2) is 4.92 Å². The van der Waals surface area contributed by atoms with Crippen LogP contribution in [0.2, 0.25) is 0 Å². The van der Waals surface area contributed by atoms with Gasteiger partial charge in [-0.15, -0.1) is 0 Å². The number of nitro benzene ring substituents is 1. The number of nitrogens with zero attached hydrogens (tertiary/aromatic N) is 1. The number of nitro groups is 1. The van der Waals surface area contributed by atoms with Gasteiger partial charge in [-0.1, -0.05) is 19.1 Å². The third-order valence-electron chi connectivity index (χ3n) is 3.09. The summed E-state index contributed by atoms with van der Waals surface area (Å²) in [6, 6.07) is 10.1. The number of nitrogens with two attached hydrogens (primary N) is 1. The molecule has 0 unspecified atom stereocenters. The molecule has 0 aliphatic rings. The monoisotopic (exact) mass is 290 g/mol. The molecular weight excluding hydrogens is 275 g/mol. The average molecular weight is 290 g/mol. The molecule has 110 valence electrons. The zero-order valence-electron chi connectivity index (χ0n) is 11.5. The first-order valence-corrected chi connectivity index (χ1v) is 6.48. The molecule has 21 heavy (non-hydrogen) atoms. The predicted molar refractivity (Wildman–Crippen MR) is 76.8 cm³/mol. The summed E-state index contributed by atoms with van der Waals surface area (Å²) < 4.78 is 18.5. The molecule has 0 saturated carbocycles. The van der Waals surface area contributed by atoms with Crippen LogP contribution in [-0.2, 0) is 0 Å². The van der Waals surface area contributed by atoms with Crippen molar-refractivity contribution in [1.29, 1.82) is 0 Å². The van der Waals surface area contributed by atoms with E-state index in [9.17, 15) is 14.5 Å². The van der Waals surface area contributed by atoms with Crippen LogP contribution in [0.25, 0.3) is 0 Å². The summed E-state index contributed by atoms with van der Waals surface area (Å²) in [7, 11) is 0. The Bertz CT molecular complexity index is 644. The van der Waals surface area contributed by atoms with E-state index < -0.39 is 16.4 Å². The molecule has 0 fully saturated rings. The fourth-order valence-corrected chi connectivity index (χ4v) is 1.87. The Hall–Kier alpha value is -2.47. The van der Waals surface area contributed by atoms with Gasteiger partial charge in [0.05, 0.1) is 11.0 Å². The van der Waals surface area contributed by atoms with Gasteiger partial charge in [0.1, 0.15) is 11.6 Å². The summed E-state index contributed by atoms with van der Waals surface area (Å²) in [6.45, 7) is 1.98. The Morgan fingerprint density at radius 1 is 1.29 bits per heavy atom. The molecule has 6 heteroatoms. The predicted octanol–water partition coefficient (Wildman–Crippen LogP) is 3.94. The molecule has 0 aromatic heterocycles. The van der Waals surface area contributed by atoms with E-state index in [1.54, 1.807) is 24.3 Å².